The summed E-state index contributed by atoms with van der Waals surface area (Å²) < 4.78 is 0. The standard InChI is InChI=1S/C27H36N2O4S/c1-4-5-16-34-19-24(26(31)32)28-27(33)29(18-22-10-7-6-8-11-22)25(30)23-13-9-12-21(17-23)15-14-20(2)3/h6-13,17,20,24H,4-5,14-16,18-19H2,1-3H3,(H,28,33)(H,31,32). The van der Waals surface area contributed by atoms with Gasteiger partial charge in [-0.05, 0) is 54.2 Å². The second kappa shape index (κ2) is 14.5. The number of aliphatic carboxylic acids is 1. The van der Waals surface area contributed by atoms with Gasteiger partial charge in [-0.2, -0.15) is 11.8 Å². The van der Waals surface area contributed by atoms with Gasteiger partial charge in [0.05, 0.1) is 6.54 Å². The summed E-state index contributed by atoms with van der Waals surface area (Å²) in [4.78, 5) is 39.5. The van der Waals surface area contributed by atoms with E-state index in [9.17, 15) is 19.5 Å². The quantitative estimate of drug-likeness (QED) is 0.361. The topological polar surface area (TPSA) is 86.7 Å². The van der Waals surface area contributed by atoms with Crippen molar-refractivity contribution in [2.75, 3.05) is 11.5 Å². The molecule has 0 fully saturated rings. The maximum atomic E-state index is 13.4. The second-order valence-electron chi connectivity index (χ2n) is 8.78. The van der Waals surface area contributed by atoms with Crippen LogP contribution in [0.2, 0.25) is 0 Å². The van der Waals surface area contributed by atoms with E-state index in [2.05, 4.69) is 26.1 Å². The van der Waals surface area contributed by atoms with Crippen LogP contribution in [0.1, 0.15) is 61.5 Å². The highest BCUT2D eigenvalue weighted by atomic mass is 32.2. The summed E-state index contributed by atoms with van der Waals surface area (Å²) in [5, 5.41) is 12.2. The van der Waals surface area contributed by atoms with Crippen LogP contribution in [-0.4, -0.2) is 45.5 Å². The van der Waals surface area contributed by atoms with Crippen LogP contribution in [0, 0.1) is 5.92 Å². The van der Waals surface area contributed by atoms with E-state index in [1.54, 1.807) is 6.07 Å². The normalized spacial score (nSPS) is 11.8. The minimum absolute atomic E-state index is 0.0526. The van der Waals surface area contributed by atoms with Crippen molar-refractivity contribution >= 4 is 29.7 Å². The molecule has 2 aromatic rings. The number of carboxylic acids is 1. The molecule has 184 valence electrons. The zero-order chi connectivity index (χ0) is 24.9. The molecular weight excluding hydrogens is 448 g/mol. The highest BCUT2D eigenvalue weighted by molar-refractivity contribution is 7.99. The number of amides is 3. The van der Waals surface area contributed by atoms with Gasteiger partial charge in [-0.1, -0.05) is 69.7 Å². The minimum Gasteiger partial charge on any atom is -0.480 e. The van der Waals surface area contributed by atoms with Gasteiger partial charge in [-0.3, -0.25) is 9.69 Å². The third-order valence-corrected chi connectivity index (χ3v) is 6.53. The van der Waals surface area contributed by atoms with Gasteiger partial charge in [0.15, 0.2) is 0 Å². The lowest BCUT2D eigenvalue weighted by Crippen LogP contribution is -2.50. The lowest BCUT2D eigenvalue weighted by atomic mass is 10.0. The Hall–Kier alpha value is -2.80. The third-order valence-electron chi connectivity index (χ3n) is 5.38. The van der Waals surface area contributed by atoms with Gasteiger partial charge >= 0.3 is 12.0 Å². The average Bonchev–Trinajstić information content (AvgIpc) is 2.83. The second-order valence-corrected chi connectivity index (χ2v) is 9.93. The first kappa shape index (κ1) is 27.4. The minimum atomic E-state index is -1.11. The summed E-state index contributed by atoms with van der Waals surface area (Å²) in [6, 6.07) is 14.8. The molecule has 1 atom stereocenters. The van der Waals surface area contributed by atoms with Crippen molar-refractivity contribution in [2.24, 2.45) is 5.92 Å². The zero-order valence-corrected chi connectivity index (χ0v) is 21.1. The van der Waals surface area contributed by atoms with Gasteiger partial charge in [-0.15, -0.1) is 0 Å². The van der Waals surface area contributed by atoms with E-state index < -0.39 is 23.9 Å². The first-order chi connectivity index (χ1) is 16.3. The Morgan fingerprint density at radius 1 is 1.03 bits per heavy atom. The van der Waals surface area contributed by atoms with E-state index in [1.165, 1.54) is 11.8 Å². The van der Waals surface area contributed by atoms with Crippen molar-refractivity contribution in [1.82, 2.24) is 10.2 Å². The number of hydrogen-bond acceptors (Lipinski definition) is 4. The number of benzene rings is 2. The van der Waals surface area contributed by atoms with Gasteiger partial charge in [0.1, 0.15) is 6.04 Å². The molecular formula is C27H36N2O4S. The lowest BCUT2D eigenvalue weighted by Gasteiger charge is -2.24. The molecule has 0 saturated carbocycles. The van der Waals surface area contributed by atoms with E-state index in [0.29, 0.717) is 11.5 Å². The van der Waals surface area contributed by atoms with Crippen LogP contribution in [0.15, 0.2) is 54.6 Å². The summed E-state index contributed by atoms with van der Waals surface area (Å²) >= 11 is 1.49. The predicted octanol–water partition coefficient (Wildman–Crippen LogP) is 5.61. The lowest BCUT2D eigenvalue weighted by molar-refractivity contribution is -0.138. The molecule has 0 spiro atoms. The van der Waals surface area contributed by atoms with Crippen LogP contribution in [0.5, 0.6) is 0 Å². The molecule has 0 radical (unpaired) electrons. The van der Waals surface area contributed by atoms with Gasteiger partial charge in [0.25, 0.3) is 5.91 Å². The van der Waals surface area contributed by atoms with Gasteiger partial charge in [-0.25, -0.2) is 9.59 Å². The number of imide groups is 1. The third kappa shape index (κ3) is 9.21. The number of urea groups is 1. The number of carboxylic acid groups (broad SMARTS) is 1. The smallest absolute Gasteiger partial charge is 0.327 e. The van der Waals surface area contributed by atoms with Crippen LogP contribution < -0.4 is 5.32 Å². The van der Waals surface area contributed by atoms with Crippen LogP contribution in [0.25, 0.3) is 0 Å². The molecule has 7 heteroatoms. The number of hydrogen-bond donors (Lipinski definition) is 2. The summed E-state index contributed by atoms with van der Waals surface area (Å²) in [6.45, 7) is 6.43. The molecule has 0 aliphatic carbocycles. The Bertz CT molecular complexity index is 933. The molecule has 0 aliphatic rings. The molecule has 0 aliphatic heterocycles. The Kier molecular flexibility index (Phi) is 11.7. The molecule has 0 bridgehead atoms. The van der Waals surface area contributed by atoms with E-state index in [0.717, 1.165) is 47.5 Å². The SMILES string of the molecule is CCCCSCC(NC(=O)N(Cc1ccccc1)C(=O)c1cccc(CCC(C)C)c1)C(=O)O. The number of carbonyl (C=O) groups excluding carboxylic acids is 2. The van der Waals surface area contributed by atoms with E-state index in [4.69, 9.17) is 0 Å². The van der Waals surface area contributed by atoms with Crippen LogP contribution in [0.4, 0.5) is 4.79 Å². The van der Waals surface area contributed by atoms with Crippen molar-refractivity contribution < 1.29 is 19.5 Å². The van der Waals surface area contributed by atoms with Crippen molar-refractivity contribution in [3.8, 4) is 0 Å². The first-order valence-electron chi connectivity index (χ1n) is 11.9. The maximum Gasteiger partial charge on any atom is 0.327 e. The fourth-order valence-corrected chi connectivity index (χ4v) is 4.44. The molecule has 0 heterocycles. The van der Waals surface area contributed by atoms with Gasteiger partial charge in [0.2, 0.25) is 0 Å². The average molecular weight is 485 g/mol. The predicted molar refractivity (Wildman–Crippen MR) is 138 cm³/mol. The van der Waals surface area contributed by atoms with Crippen molar-refractivity contribution in [3.05, 3.63) is 71.3 Å². The van der Waals surface area contributed by atoms with E-state index in [1.807, 2.05) is 48.5 Å². The fraction of sp³-hybridized carbons (Fsp3) is 0.444. The molecule has 0 saturated heterocycles. The van der Waals surface area contributed by atoms with Crippen molar-refractivity contribution in [1.29, 1.82) is 0 Å². The van der Waals surface area contributed by atoms with Crippen LogP contribution in [-0.2, 0) is 17.8 Å². The number of nitrogens with zero attached hydrogens (tertiary/aromatic N) is 1. The molecule has 6 nitrogen and oxygen atoms in total. The Morgan fingerprint density at radius 2 is 1.74 bits per heavy atom. The Morgan fingerprint density at radius 3 is 2.38 bits per heavy atom. The summed E-state index contributed by atoms with van der Waals surface area (Å²) in [6.07, 6.45) is 3.85. The molecule has 2 N–H and O–H groups in total. The maximum absolute atomic E-state index is 13.4. The zero-order valence-electron chi connectivity index (χ0n) is 20.3. The van der Waals surface area contributed by atoms with Crippen LogP contribution in [0.3, 0.4) is 0 Å². The van der Waals surface area contributed by atoms with E-state index in [-0.39, 0.29) is 12.3 Å². The molecule has 0 aromatic heterocycles. The largest absolute Gasteiger partial charge is 0.480 e. The monoisotopic (exact) mass is 484 g/mol. The Labute approximate surface area is 207 Å². The summed E-state index contributed by atoms with van der Waals surface area (Å²) in [5.74, 6) is 0.0593. The van der Waals surface area contributed by atoms with Crippen molar-refractivity contribution in [3.63, 3.8) is 0 Å². The first-order valence-corrected chi connectivity index (χ1v) is 13.0. The molecule has 2 aromatic carbocycles. The highest BCUT2D eigenvalue weighted by Crippen LogP contribution is 2.16. The van der Waals surface area contributed by atoms with E-state index >= 15 is 0 Å². The number of rotatable bonds is 13. The fourth-order valence-electron chi connectivity index (χ4n) is 3.32. The number of thioether (sulfide) groups is 1. The van der Waals surface area contributed by atoms with Gasteiger partial charge < -0.3 is 10.4 Å². The van der Waals surface area contributed by atoms with Crippen LogP contribution >= 0.6 is 11.8 Å². The molecule has 1 unspecified atom stereocenters. The highest BCUT2D eigenvalue weighted by Gasteiger charge is 2.28. The molecule has 2 rings (SSSR count). The molecule has 34 heavy (non-hydrogen) atoms. The van der Waals surface area contributed by atoms with Gasteiger partial charge in [0, 0.05) is 11.3 Å². The number of aryl methyl sites for hydroxylation is 1. The number of nitrogens with one attached hydrogen (secondary N) is 1. The molecule has 3 amide bonds. The summed E-state index contributed by atoms with van der Waals surface area (Å²) in [7, 11) is 0. The Balaban J connectivity index is 2.23. The number of carbonyl (C=O) groups is 3. The summed E-state index contributed by atoms with van der Waals surface area (Å²) in [5.41, 5.74) is 2.23. The van der Waals surface area contributed by atoms with Crippen molar-refractivity contribution in [2.45, 2.75) is 59.0 Å². The number of unbranched alkanes of at least 4 members (excludes halogenated alkanes) is 1.